The summed E-state index contributed by atoms with van der Waals surface area (Å²) in [6.45, 7) is 10.6. The SMILES string of the molecule is CCN/C(=N\CCOC1=NC(C2C=C(Cl)C=C=C(Cl)C2)CC(CN2CCC(COC(O)NC)CC2)=C1)N1CCN(C2CC(C(=O)O)C2)CC1. The van der Waals surface area contributed by atoms with Crippen molar-refractivity contribution >= 4 is 41.0 Å². The number of carboxylic acid groups (broad SMARTS) is 1. The average molecular weight is 723 g/mol. The second-order valence-corrected chi connectivity index (χ2v) is 14.5. The lowest BCUT2D eigenvalue weighted by molar-refractivity contribution is -0.147. The van der Waals surface area contributed by atoms with E-state index in [1.165, 1.54) is 5.57 Å². The monoisotopic (exact) mass is 721 g/mol. The number of halogens is 2. The zero-order valence-corrected chi connectivity index (χ0v) is 30.3. The normalized spacial score (nSPS) is 28.1. The Morgan fingerprint density at radius 1 is 1.16 bits per heavy atom. The fourth-order valence-electron chi connectivity index (χ4n) is 7.18. The molecule has 3 fully saturated rings. The van der Waals surface area contributed by atoms with E-state index >= 15 is 0 Å². The molecule has 0 spiro atoms. The molecule has 3 aliphatic heterocycles. The highest BCUT2D eigenvalue weighted by Crippen LogP contribution is 2.33. The van der Waals surface area contributed by atoms with Crippen LogP contribution in [0.15, 0.2) is 49.6 Å². The van der Waals surface area contributed by atoms with Crippen LogP contribution < -0.4 is 10.6 Å². The molecule has 3 unspecified atom stereocenters. The van der Waals surface area contributed by atoms with E-state index in [0.29, 0.717) is 54.1 Å². The van der Waals surface area contributed by atoms with Gasteiger partial charge < -0.3 is 29.9 Å². The van der Waals surface area contributed by atoms with E-state index in [1.54, 1.807) is 13.1 Å². The maximum absolute atomic E-state index is 11.2. The molecule has 1 saturated carbocycles. The van der Waals surface area contributed by atoms with Gasteiger partial charge in [-0.15, -0.1) is 5.73 Å². The zero-order valence-electron chi connectivity index (χ0n) is 28.8. The number of rotatable bonds is 13. The number of aliphatic imine (C=N–C) groups is 2. The van der Waals surface area contributed by atoms with E-state index in [1.807, 2.05) is 6.08 Å². The summed E-state index contributed by atoms with van der Waals surface area (Å²) in [4.78, 5) is 28.3. The molecule has 0 bridgehead atoms. The van der Waals surface area contributed by atoms with Crippen LogP contribution in [0.1, 0.15) is 45.4 Å². The van der Waals surface area contributed by atoms with Gasteiger partial charge in [0.2, 0.25) is 12.3 Å². The zero-order chi connectivity index (χ0) is 34.8. The van der Waals surface area contributed by atoms with E-state index in [9.17, 15) is 15.0 Å². The van der Waals surface area contributed by atoms with Gasteiger partial charge in [-0.2, -0.15) is 0 Å². The Balaban J connectivity index is 1.16. The number of aliphatic hydroxyl groups is 1. The maximum Gasteiger partial charge on any atom is 0.306 e. The van der Waals surface area contributed by atoms with Crippen molar-refractivity contribution in [3.05, 3.63) is 39.6 Å². The molecule has 0 amide bonds. The predicted molar refractivity (Wildman–Crippen MR) is 193 cm³/mol. The Morgan fingerprint density at radius 3 is 2.61 bits per heavy atom. The van der Waals surface area contributed by atoms with Crippen molar-refractivity contribution in [2.45, 2.75) is 63.9 Å². The number of allylic oxidation sites excluding steroid dienone is 2. The van der Waals surface area contributed by atoms with Gasteiger partial charge in [-0.3, -0.25) is 19.9 Å². The number of dihydropyridines is 1. The third-order valence-electron chi connectivity index (χ3n) is 10.1. The molecule has 0 radical (unpaired) electrons. The van der Waals surface area contributed by atoms with Crippen molar-refractivity contribution in [1.82, 2.24) is 25.3 Å². The van der Waals surface area contributed by atoms with Crippen molar-refractivity contribution in [1.29, 1.82) is 0 Å². The summed E-state index contributed by atoms with van der Waals surface area (Å²) in [5.74, 6) is 1.10. The molecule has 3 atom stereocenters. The van der Waals surface area contributed by atoms with Gasteiger partial charge in [0.1, 0.15) is 6.61 Å². The molecule has 3 heterocycles. The first-order valence-corrected chi connectivity index (χ1v) is 18.5. The first kappa shape index (κ1) is 37.8. The summed E-state index contributed by atoms with van der Waals surface area (Å²) in [5, 5.41) is 26.3. The third-order valence-corrected chi connectivity index (χ3v) is 10.6. The fourth-order valence-corrected chi connectivity index (χ4v) is 7.63. The number of carbonyl (C=O) groups is 1. The minimum Gasteiger partial charge on any atom is -0.481 e. The predicted octanol–water partition coefficient (Wildman–Crippen LogP) is 3.19. The van der Waals surface area contributed by atoms with Crippen LogP contribution in [-0.2, 0) is 14.3 Å². The minimum absolute atomic E-state index is 0.0297. The van der Waals surface area contributed by atoms with Crippen LogP contribution in [0.3, 0.4) is 0 Å². The van der Waals surface area contributed by atoms with E-state index in [2.05, 4.69) is 44.1 Å². The Bertz CT molecular complexity index is 1310. The third kappa shape index (κ3) is 11.3. The number of ether oxygens (including phenoxy) is 2. The number of likely N-dealkylation sites (tertiary alicyclic amines) is 1. The molecule has 14 heteroatoms. The van der Waals surface area contributed by atoms with Crippen LogP contribution in [0.2, 0.25) is 0 Å². The molecular weight excluding hydrogens is 669 g/mol. The molecule has 0 aromatic heterocycles. The average Bonchev–Trinajstić information content (AvgIpc) is 3.25. The number of hydrogen-bond acceptors (Lipinski definition) is 9. The molecular formula is C35H53Cl2N7O5. The number of nitrogens with one attached hydrogen (secondary N) is 2. The molecule has 2 saturated heterocycles. The van der Waals surface area contributed by atoms with Gasteiger partial charge in [0.05, 0.1) is 30.1 Å². The molecule has 5 rings (SSSR count). The Kier molecular flexibility index (Phi) is 14.5. The number of guanidine groups is 1. The number of aliphatic hydroxyl groups excluding tert-OH is 1. The Hall–Kier alpha value is -2.41. The van der Waals surface area contributed by atoms with Gasteiger partial charge >= 0.3 is 5.97 Å². The Labute approximate surface area is 300 Å². The molecule has 0 aromatic rings. The van der Waals surface area contributed by atoms with Gasteiger partial charge in [-0.1, -0.05) is 29.3 Å². The van der Waals surface area contributed by atoms with Crippen molar-refractivity contribution in [3.63, 3.8) is 0 Å². The second kappa shape index (κ2) is 18.7. The number of nitrogens with zero attached hydrogens (tertiary/aromatic N) is 5. The summed E-state index contributed by atoms with van der Waals surface area (Å²) in [6.07, 6.45) is 9.89. The lowest BCUT2D eigenvalue weighted by Gasteiger charge is -2.45. The number of hydrogen-bond donors (Lipinski definition) is 4. The summed E-state index contributed by atoms with van der Waals surface area (Å²) in [7, 11) is 1.67. The van der Waals surface area contributed by atoms with Crippen molar-refractivity contribution < 1.29 is 24.5 Å². The van der Waals surface area contributed by atoms with Crippen molar-refractivity contribution in [2.24, 2.45) is 27.7 Å². The fraction of sp³-hybridized carbons (Fsp3) is 0.714. The lowest BCUT2D eigenvalue weighted by atomic mass is 9.79. The highest BCUT2D eigenvalue weighted by atomic mass is 35.5. The molecule has 4 N–H and O–H groups in total. The van der Waals surface area contributed by atoms with E-state index < -0.39 is 12.4 Å². The molecule has 0 aromatic carbocycles. The van der Waals surface area contributed by atoms with Gasteiger partial charge in [0.15, 0.2) is 5.96 Å². The number of piperazine rings is 1. The van der Waals surface area contributed by atoms with Crippen molar-refractivity contribution in [2.75, 3.05) is 79.2 Å². The number of aliphatic carboxylic acids is 1. The van der Waals surface area contributed by atoms with E-state index in [0.717, 1.165) is 90.4 Å². The van der Waals surface area contributed by atoms with Gasteiger partial charge in [0.25, 0.3) is 0 Å². The summed E-state index contributed by atoms with van der Waals surface area (Å²) >= 11 is 12.9. The molecule has 2 aliphatic carbocycles. The van der Waals surface area contributed by atoms with Gasteiger partial charge in [-0.05, 0) is 83.2 Å². The first-order chi connectivity index (χ1) is 23.7. The first-order valence-electron chi connectivity index (χ1n) is 17.8. The van der Waals surface area contributed by atoms with Crippen LogP contribution in [0.5, 0.6) is 0 Å². The Morgan fingerprint density at radius 2 is 1.92 bits per heavy atom. The molecule has 49 heavy (non-hydrogen) atoms. The maximum atomic E-state index is 11.2. The minimum atomic E-state index is -0.922. The highest BCUT2D eigenvalue weighted by molar-refractivity contribution is 6.32. The molecule has 272 valence electrons. The van der Waals surface area contributed by atoms with Crippen LogP contribution in [0.25, 0.3) is 0 Å². The lowest BCUT2D eigenvalue weighted by Crippen LogP contribution is -2.57. The highest BCUT2D eigenvalue weighted by Gasteiger charge is 2.39. The topological polar surface area (TPSA) is 134 Å². The summed E-state index contributed by atoms with van der Waals surface area (Å²) in [6, 6.07) is 0.324. The van der Waals surface area contributed by atoms with Crippen LogP contribution >= 0.6 is 23.2 Å². The standard InChI is InChI=1S/C35H53Cl2N7O5/c1-3-39-34(44-13-11-43(12-14-44)30-20-27(21-30)33(45)46)40-8-15-48-32-17-25(16-31(41-32)26-18-28(36)4-5-29(37)19-26)22-42-9-6-24(7-10-42)23-49-35(47)38-2/h4,17-18,24,26-27,30-31,35,38,47H,3,6-16,19-23H2,1-2H3,(H,39,40)(H,45,46). The van der Waals surface area contributed by atoms with Crippen LogP contribution in [0.4, 0.5) is 0 Å². The summed E-state index contributed by atoms with van der Waals surface area (Å²) in [5.41, 5.74) is 4.33. The molecule has 12 nitrogen and oxygen atoms in total. The van der Waals surface area contributed by atoms with Crippen molar-refractivity contribution in [3.8, 4) is 0 Å². The number of piperidine rings is 1. The largest absolute Gasteiger partial charge is 0.481 e. The smallest absolute Gasteiger partial charge is 0.306 e. The van der Waals surface area contributed by atoms with E-state index in [4.69, 9.17) is 42.7 Å². The number of carboxylic acids is 1. The van der Waals surface area contributed by atoms with E-state index in [-0.39, 0.29) is 17.9 Å². The van der Waals surface area contributed by atoms with Gasteiger partial charge in [-0.25, -0.2) is 9.98 Å². The quantitative estimate of drug-likeness (QED) is 0.0739. The van der Waals surface area contributed by atoms with Crippen LogP contribution in [0, 0.1) is 17.8 Å². The second-order valence-electron chi connectivity index (χ2n) is 13.6. The van der Waals surface area contributed by atoms with Crippen LogP contribution in [-0.4, -0.2) is 140 Å². The van der Waals surface area contributed by atoms with Gasteiger partial charge in [0, 0.05) is 62.3 Å². The molecule has 5 aliphatic rings. The summed E-state index contributed by atoms with van der Waals surface area (Å²) < 4.78 is 11.8.